The maximum Gasteiger partial charge on any atom is 0.331 e. The van der Waals surface area contributed by atoms with Crippen LogP contribution in [0.3, 0.4) is 0 Å². The third-order valence-corrected chi connectivity index (χ3v) is 7.22. The van der Waals surface area contributed by atoms with Gasteiger partial charge in [0.15, 0.2) is 5.78 Å². The van der Waals surface area contributed by atoms with E-state index in [1.54, 1.807) is 19.2 Å². The molecule has 204 valence electrons. The number of esters is 2. The number of Topliss-reactive ketones (excluding diaryl/α,β-unsaturated/α-hetero) is 1. The van der Waals surface area contributed by atoms with Gasteiger partial charge in [-0.3, -0.25) is 14.4 Å². The summed E-state index contributed by atoms with van der Waals surface area (Å²) in [7, 11) is 0. The maximum absolute atomic E-state index is 13.6. The largest absolute Gasteiger partial charge is 0.783 e. The molecule has 1 aromatic heterocycles. The number of aromatic nitrogens is 1. The summed E-state index contributed by atoms with van der Waals surface area (Å²) >= 11 is 0. The molecule has 0 spiro atoms. The topological polar surface area (TPSA) is 161 Å². The van der Waals surface area contributed by atoms with Crippen LogP contribution in [-0.4, -0.2) is 68.8 Å². The van der Waals surface area contributed by atoms with E-state index in [0.717, 1.165) is 10.9 Å². The second-order valence-corrected chi connectivity index (χ2v) is 10.0. The molecule has 1 unspecified atom stereocenters. The van der Waals surface area contributed by atoms with Crippen molar-refractivity contribution in [3.63, 3.8) is 0 Å². The Morgan fingerprint density at radius 3 is 2.63 bits per heavy atom. The summed E-state index contributed by atoms with van der Waals surface area (Å²) < 4.78 is 10.8. The predicted molar refractivity (Wildman–Crippen MR) is 136 cm³/mol. The van der Waals surface area contributed by atoms with Crippen molar-refractivity contribution in [2.45, 2.75) is 76.5 Å². The Kier molecular flexibility index (Phi) is 8.00. The van der Waals surface area contributed by atoms with E-state index in [4.69, 9.17) is 9.47 Å². The fraction of sp³-hybridized carbons (Fsp3) is 0.481. The van der Waals surface area contributed by atoms with Crippen LogP contribution in [0.4, 0.5) is 0 Å². The number of amides is 1. The number of nitrogens with zero attached hydrogens (tertiary/aromatic N) is 1. The molecule has 3 heterocycles. The molecule has 0 bridgehead atoms. The SMILES string of the molecule is CC1C(=O)N[C@@](Cc2c[nH]c3ccccc23)([C@H](CC(=O)[C@H](C)O)C(=O)O[C@@H](C)CC[C@@H]2C=CC(=O)O2)N1[O-]. The first-order chi connectivity index (χ1) is 18.0. The van der Waals surface area contributed by atoms with E-state index in [1.807, 2.05) is 24.3 Å². The van der Waals surface area contributed by atoms with Gasteiger partial charge < -0.3 is 35.2 Å². The van der Waals surface area contributed by atoms with Crippen molar-refractivity contribution in [2.75, 3.05) is 0 Å². The van der Waals surface area contributed by atoms with Crippen molar-refractivity contribution in [3.05, 3.63) is 53.4 Å². The van der Waals surface area contributed by atoms with Crippen molar-refractivity contribution >= 4 is 34.5 Å². The second kappa shape index (κ2) is 11.1. The van der Waals surface area contributed by atoms with Gasteiger partial charge in [0.2, 0.25) is 5.91 Å². The first kappa shape index (κ1) is 27.5. The van der Waals surface area contributed by atoms with Gasteiger partial charge in [-0.25, -0.2) is 4.79 Å². The zero-order valence-corrected chi connectivity index (χ0v) is 21.5. The molecule has 38 heavy (non-hydrogen) atoms. The van der Waals surface area contributed by atoms with E-state index < -0.39 is 66.0 Å². The molecular formula is C27H32N3O8-. The number of ether oxygens (including phenoxy) is 2. The van der Waals surface area contributed by atoms with Crippen LogP contribution >= 0.6 is 0 Å². The highest BCUT2D eigenvalue weighted by atomic mass is 16.6. The van der Waals surface area contributed by atoms with Crippen LogP contribution < -0.4 is 5.32 Å². The molecule has 1 aromatic carbocycles. The number of rotatable bonds is 11. The molecule has 0 radical (unpaired) electrons. The number of nitrogens with one attached hydrogen (secondary N) is 2. The van der Waals surface area contributed by atoms with Crippen LogP contribution in [0.1, 0.15) is 45.6 Å². The van der Waals surface area contributed by atoms with E-state index in [1.165, 1.54) is 19.9 Å². The van der Waals surface area contributed by atoms with Gasteiger partial charge in [-0.1, -0.05) is 18.2 Å². The van der Waals surface area contributed by atoms with Gasteiger partial charge in [0, 0.05) is 36.0 Å². The van der Waals surface area contributed by atoms with Crippen molar-refractivity contribution < 1.29 is 33.8 Å². The average Bonchev–Trinajstić information content (AvgIpc) is 3.54. The molecule has 1 amide bonds. The molecule has 3 N–H and O–H groups in total. The van der Waals surface area contributed by atoms with Crippen molar-refractivity contribution in [3.8, 4) is 0 Å². The number of aromatic amines is 1. The Hall–Kier alpha value is -3.54. The molecule has 6 atom stereocenters. The van der Waals surface area contributed by atoms with Gasteiger partial charge in [0.25, 0.3) is 0 Å². The number of aliphatic hydroxyl groups is 1. The summed E-state index contributed by atoms with van der Waals surface area (Å²) in [6, 6.07) is 6.28. The van der Waals surface area contributed by atoms with Crippen LogP contribution in [-0.2, 0) is 35.1 Å². The summed E-state index contributed by atoms with van der Waals surface area (Å²) in [6.45, 7) is 4.36. The predicted octanol–water partition coefficient (Wildman–Crippen LogP) is 1.87. The number of hydrogen-bond acceptors (Lipinski definition) is 9. The minimum atomic E-state index is -1.83. The smallest absolute Gasteiger partial charge is 0.331 e. The van der Waals surface area contributed by atoms with Gasteiger partial charge in [0.1, 0.15) is 17.9 Å². The lowest BCUT2D eigenvalue weighted by atomic mass is 9.82. The summed E-state index contributed by atoms with van der Waals surface area (Å²) in [5, 5.41) is 27.6. The molecule has 1 fully saturated rings. The Morgan fingerprint density at radius 1 is 1.26 bits per heavy atom. The van der Waals surface area contributed by atoms with E-state index in [-0.39, 0.29) is 6.42 Å². The number of hydroxylamine groups is 2. The fourth-order valence-corrected chi connectivity index (χ4v) is 5.01. The standard InChI is InChI=1S/C27H32N3O8/c1-15(8-9-19-10-11-24(33)38-19)37-26(35)21(12-23(32)17(3)31)27(29-25(34)16(2)30(27)36)13-18-14-28-22-7-5-4-6-20(18)22/h4-7,10-11,14-17,19,21,28,31H,8-9,12-13H2,1-3H3,(H,29,34)/q-1/t15-,16?,17-,19+,21+,27+/m0/s1. The summed E-state index contributed by atoms with van der Waals surface area (Å²) in [4.78, 5) is 53.5. The molecule has 2 aliphatic rings. The van der Waals surface area contributed by atoms with Crippen LogP contribution in [0, 0.1) is 11.1 Å². The Morgan fingerprint density at radius 2 is 2.00 bits per heavy atom. The lowest BCUT2D eigenvalue weighted by Gasteiger charge is -2.48. The number of fused-ring (bicyclic) bond motifs is 1. The van der Waals surface area contributed by atoms with Crippen molar-refractivity contribution in [1.82, 2.24) is 15.4 Å². The van der Waals surface area contributed by atoms with Gasteiger partial charge >= 0.3 is 11.9 Å². The minimum absolute atomic E-state index is 0.0827. The number of cyclic esters (lactones) is 1. The van der Waals surface area contributed by atoms with E-state index in [2.05, 4.69) is 10.3 Å². The summed E-state index contributed by atoms with van der Waals surface area (Å²) in [5.41, 5.74) is -0.352. The Balaban J connectivity index is 1.64. The minimum Gasteiger partial charge on any atom is -0.783 e. The molecule has 0 saturated carbocycles. The number of benzene rings is 1. The molecule has 11 nitrogen and oxygen atoms in total. The van der Waals surface area contributed by atoms with Gasteiger partial charge in [-0.2, -0.15) is 0 Å². The van der Waals surface area contributed by atoms with E-state index >= 15 is 0 Å². The number of aliphatic hydroxyl groups excluding tert-OH is 1. The van der Waals surface area contributed by atoms with Gasteiger partial charge in [0.05, 0.1) is 18.1 Å². The molecule has 4 rings (SSSR count). The summed E-state index contributed by atoms with van der Waals surface area (Å²) in [6.07, 6.45) is 2.39. The summed E-state index contributed by atoms with van der Waals surface area (Å²) in [5.74, 6) is -3.93. The first-order valence-corrected chi connectivity index (χ1v) is 12.7. The third-order valence-electron chi connectivity index (χ3n) is 7.22. The highest BCUT2D eigenvalue weighted by Crippen LogP contribution is 2.38. The van der Waals surface area contributed by atoms with Crippen LogP contribution in [0.15, 0.2) is 42.6 Å². The lowest BCUT2D eigenvalue weighted by Crippen LogP contribution is -2.61. The monoisotopic (exact) mass is 526 g/mol. The highest BCUT2D eigenvalue weighted by molar-refractivity contribution is 5.91. The molecular weight excluding hydrogens is 494 g/mol. The average molecular weight is 527 g/mol. The Labute approximate surface area is 219 Å². The van der Waals surface area contributed by atoms with Crippen LogP contribution in [0.25, 0.3) is 10.9 Å². The van der Waals surface area contributed by atoms with Crippen molar-refractivity contribution in [2.24, 2.45) is 5.92 Å². The normalized spacial score (nSPS) is 25.7. The Bertz CT molecular complexity index is 1250. The molecule has 2 aliphatic heterocycles. The fourth-order valence-electron chi connectivity index (χ4n) is 5.01. The zero-order chi connectivity index (χ0) is 27.6. The number of para-hydroxylation sites is 1. The van der Waals surface area contributed by atoms with Crippen LogP contribution in [0.5, 0.6) is 0 Å². The number of carbonyl (C=O) groups excluding carboxylic acids is 4. The number of hydrogen-bond donors (Lipinski definition) is 3. The maximum atomic E-state index is 13.6. The van der Waals surface area contributed by atoms with Gasteiger partial charge in [-0.05, 0) is 51.3 Å². The number of ketones is 1. The number of carbonyl (C=O) groups is 4. The van der Waals surface area contributed by atoms with Crippen LogP contribution in [0.2, 0.25) is 0 Å². The second-order valence-electron chi connectivity index (χ2n) is 10.0. The third kappa shape index (κ3) is 5.50. The van der Waals surface area contributed by atoms with E-state index in [9.17, 15) is 29.5 Å². The lowest BCUT2D eigenvalue weighted by molar-refractivity contribution is -0.162. The highest BCUT2D eigenvalue weighted by Gasteiger charge is 2.54. The quantitative estimate of drug-likeness (QED) is 0.371. The molecule has 11 heteroatoms. The molecule has 2 aromatic rings. The van der Waals surface area contributed by atoms with Gasteiger partial charge in [-0.15, -0.1) is 0 Å². The van der Waals surface area contributed by atoms with Crippen molar-refractivity contribution in [1.29, 1.82) is 0 Å². The zero-order valence-electron chi connectivity index (χ0n) is 21.5. The van der Waals surface area contributed by atoms with E-state index in [0.29, 0.717) is 23.5 Å². The molecule has 0 aliphatic carbocycles. The first-order valence-electron chi connectivity index (χ1n) is 12.7. The number of H-pyrrole nitrogens is 1. The molecule has 1 saturated heterocycles.